The number of benzene rings is 1. The number of carbonyl (C=O) groups is 1. The Kier molecular flexibility index (Phi) is 5.25. The molecule has 0 aliphatic heterocycles. The molecule has 1 unspecified atom stereocenters. The minimum atomic E-state index is -0.0836. The van der Waals surface area contributed by atoms with Gasteiger partial charge in [0.05, 0.1) is 5.02 Å². The number of rotatable bonds is 4. The lowest BCUT2D eigenvalue weighted by Crippen LogP contribution is -2.44. The molecule has 0 aromatic heterocycles. The van der Waals surface area contributed by atoms with E-state index in [9.17, 15) is 4.79 Å². The van der Waals surface area contributed by atoms with Crippen molar-refractivity contribution >= 4 is 33.4 Å². The van der Waals surface area contributed by atoms with Crippen molar-refractivity contribution in [3.05, 3.63) is 33.3 Å². The summed E-state index contributed by atoms with van der Waals surface area (Å²) in [5.41, 5.74) is 6.39. The summed E-state index contributed by atoms with van der Waals surface area (Å²) < 4.78 is 0.729. The molecular formula is C14H18BrClN2O. The van der Waals surface area contributed by atoms with Gasteiger partial charge in [0, 0.05) is 22.6 Å². The maximum atomic E-state index is 12.2. The van der Waals surface area contributed by atoms with Crippen LogP contribution in [-0.4, -0.2) is 18.5 Å². The van der Waals surface area contributed by atoms with Gasteiger partial charge in [-0.2, -0.15) is 0 Å². The third kappa shape index (κ3) is 3.71. The molecule has 3 nitrogen and oxygen atoms in total. The van der Waals surface area contributed by atoms with Crippen LogP contribution in [0.1, 0.15) is 36.0 Å². The molecule has 19 heavy (non-hydrogen) atoms. The average molecular weight is 346 g/mol. The molecule has 0 heterocycles. The summed E-state index contributed by atoms with van der Waals surface area (Å²) in [6, 6.07) is 5.25. The van der Waals surface area contributed by atoms with E-state index in [1.54, 1.807) is 18.2 Å². The summed E-state index contributed by atoms with van der Waals surface area (Å²) in [5, 5.41) is 3.64. The van der Waals surface area contributed by atoms with E-state index in [-0.39, 0.29) is 11.9 Å². The lowest BCUT2D eigenvalue weighted by atomic mass is 9.98. The highest BCUT2D eigenvalue weighted by Crippen LogP contribution is 2.28. The summed E-state index contributed by atoms with van der Waals surface area (Å²) in [6.07, 6.45) is 4.80. The van der Waals surface area contributed by atoms with Gasteiger partial charge in [0.2, 0.25) is 0 Å². The Balaban J connectivity index is 2.04. The van der Waals surface area contributed by atoms with Crippen LogP contribution >= 0.6 is 27.5 Å². The quantitative estimate of drug-likeness (QED) is 0.879. The minimum Gasteiger partial charge on any atom is -0.348 e. The van der Waals surface area contributed by atoms with E-state index in [0.29, 0.717) is 23.0 Å². The van der Waals surface area contributed by atoms with E-state index < -0.39 is 0 Å². The second-order valence-electron chi connectivity index (χ2n) is 4.99. The summed E-state index contributed by atoms with van der Waals surface area (Å²) in [7, 11) is 0. The van der Waals surface area contributed by atoms with Crippen molar-refractivity contribution in [3.63, 3.8) is 0 Å². The van der Waals surface area contributed by atoms with Crippen LogP contribution < -0.4 is 11.1 Å². The number of hydrogen-bond donors (Lipinski definition) is 2. The first-order valence-electron chi connectivity index (χ1n) is 6.58. The lowest BCUT2D eigenvalue weighted by molar-refractivity contribution is 0.0924. The molecule has 1 aliphatic carbocycles. The number of carbonyl (C=O) groups excluding carboxylic acids is 1. The molecule has 104 valence electrons. The van der Waals surface area contributed by atoms with E-state index >= 15 is 0 Å². The van der Waals surface area contributed by atoms with Crippen LogP contribution in [0.15, 0.2) is 22.7 Å². The molecule has 1 aromatic carbocycles. The van der Waals surface area contributed by atoms with E-state index in [0.717, 1.165) is 17.3 Å². The highest BCUT2D eigenvalue weighted by Gasteiger charge is 2.25. The monoisotopic (exact) mass is 344 g/mol. The van der Waals surface area contributed by atoms with Gasteiger partial charge in [0.1, 0.15) is 0 Å². The summed E-state index contributed by atoms with van der Waals surface area (Å²) in [4.78, 5) is 12.2. The van der Waals surface area contributed by atoms with Crippen LogP contribution in [0.4, 0.5) is 0 Å². The molecule has 5 heteroatoms. The molecule has 1 aromatic rings. The summed E-state index contributed by atoms with van der Waals surface area (Å²) >= 11 is 9.25. The van der Waals surface area contributed by atoms with Crippen molar-refractivity contribution in [1.82, 2.24) is 5.32 Å². The van der Waals surface area contributed by atoms with Crippen molar-refractivity contribution < 1.29 is 4.79 Å². The minimum absolute atomic E-state index is 0.0736. The SMILES string of the molecule is NCC(NC(=O)c1ccc(Cl)c(Br)c1)C1CCCC1. The Bertz CT molecular complexity index is 461. The zero-order valence-electron chi connectivity index (χ0n) is 10.7. The summed E-state index contributed by atoms with van der Waals surface area (Å²) in [6.45, 7) is 0.491. The Hall–Kier alpha value is -0.580. The first-order chi connectivity index (χ1) is 9.11. The van der Waals surface area contributed by atoms with Crippen molar-refractivity contribution in [2.45, 2.75) is 31.7 Å². The zero-order valence-corrected chi connectivity index (χ0v) is 13.0. The Morgan fingerprint density at radius 2 is 2.16 bits per heavy atom. The normalized spacial score (nSPS) is 17.4. The Morgan fingerprint density at radius 1 is 1.47 bits per heavy atom. The molecule has 2 rings (SSSR count). The summed E-state index contributed by atoms with van der Waals surface area (Å²) in [5.74, 6) is 0.435. The van der Waals surface area contributed by atoms with Gasteiger partial charge in [-0.1, -0.05) is 24.4 Å². The molecule has 1 saturated carbocycles. The number of nitrogens with one attached hydrogen (secondary N) is 1. The predicted octanol–water partition coefficient (Wildman–Crippen LogP) is 3.35. The van der Waals surface area contributed by atoms with Gasteiger partial charge in [-0.25, -0.2) is 0 Å². The fourth-order valence-corrected chi connectivity index (χ4v) is 3.11. The second-order valence-corrected chi connectivity index (χ2v) is 6.25. The molecule has 0 radical (unpaired) electrons. The fourth-order valence-electron chi connectivity index (χ4n) is 2.62. The van der Waals surface area contributed by atoms with Crippen LogP contribution in [0.2, 0.25) is 5.02 Å². The van der Waals surface area contributed by atoms with Crippen molar-refractivity contribution in [2.75, 3.05) is 6.54 Å². The highest BCUT2D eigenvalue weighted by molar-refractivity contribution is 9.10. The fraction of sp³-hybridized carbons (Fsp3) is 0.500. The van der Waals surface area contributed by atoms with Crippen LogP contribution in [0.25, 0.3) is 0 Å². The third-order valence-electron chi connectivity index (χ3n) is 3.72. The molecule has 1 fully saturated rings. The maximum absolute atomic E-state index is 12.2. The van der Waals surface area contributed by atoms with Crippen molar-refractivity contribution in [3.8, 4) is 0 Å². The third-order valence-corrected chi connectivity index (χ3v) is 4.94. The predicted molar refractivity (Wildman–Crippen MR) is 81.4 cm³/mol. The molecular weight excluding hydrogens is 328 g/mol. The number of nitrogens with two attached hydrogens (primary N) is 1. The number of halogens is 2. The molecule has 0 bridgehead atoms. The molecule has 0 spiro atoms. The first-order valence-corrected chi connectivity index (χ1v) is 7.75. The van der Waals surface area contributed by atoms with Gasteiger partial charge in [-0.15, -0.1) is 0 Å². The van der Waals surface area contributed by atoms with Crippen LogP contribution in [-0.2, 0) is 0 Å². The average Bonchev–Trinajstić information content (AvgIpc) is 2.92. The zero-order chi connectivity index (χ0) is 13.8. The van der Waals surface area contributed by atoms with E-state index in [4.69, 9.17) is 17.3 Å². The van der Waals surface area contributed by atoms with Gasteiger partial charge in [-0.3, -0.25) is 4.79 Å². The molecule has 0 saturated heterocycles. The van der Waals surface area contributed by atoms with Crippen LogP contribution in [0.3, 0.4) is 0 Å². The van der Waals surface area contributed by atoms with Crippen LogP contribution in [0, 0.1) is 5.92 Å². The highest BCUT2D eigenvalue weighted by atomic mass is 79.9. The van der Waals surface area contributed by atoms with Crippen molar-refractivity contribution in [2.24, 2.45) is 11.7 Å². The smallest absolute Gasteiger partial charge is 0.251 e. The molecule has 1 aliphatic rings. The molecule has 3 N–H and O–H groups in total. The number of hydrogen-bond acceptors (Lipinski definition) is 2. The van der Waals surface area contributed by atoms with E-state index in [1.165, 1.54) is 12.8 Å². The Morgan fingerprint density at radius 3 is 2.74 bits per heavy atom. The standard InChI is InChI=1S/C14H18BrClN2O/c15-11-7-10(5-6-12(11)16)14(19)18-13(8-17)9-3-1-2-4-9/h5-7,9,13H,1-4,8,17H2,(H,18,19). The van der Waals surface area contributed by atoms with E-state index in [1.807, 2.05) is 0 Å². The lowest BCUT2D eigenvalue weighted by Gasteiger charge is -2.23. The first kappa shape index (κ1) is 14.8. The second kappa shape index (κ2) is 6.73. The topological polar surface area (TPSA) is 55.1 Å². The van der Waals surface area contributed by atoms with Crippen LogP contribution in [0.5, 0.6) is 0 Å². The van der Waals surface area contributed by atoms with Gasteiger partial charge >= 0.3 is 0 Å². The Labute approximate surface area is 127 Å². The number of amides is 1. The van der Waals surface area contributed by atoms with Gasteiger partial charge < -0.3 is 11.1 Å². The van der Waals surface area contributed by atoms with Crippen molar-refractivity contribution in [1.29, 1.82) is 0 Å². The molecule has 1 amide bonds. The maximum Gasteiger partial charge on any atom is 0.251 e. The van der Waals surface area contributed by atoms with Gasteiger partial charge in [-0.05, 0) is 52.9 Å². The van der Waals surface area contributed by atoms with Gasteiger partial charge in [0.15, 0.2) is 0 Å². The van der Waals surface area contributed by atoms with Gasteiger partial charge in [0.25, 0.3) is 5.91 Å². The van der Waals surface area contributed by atoms with E-state index in [2.05, 4.69) is 21.2 Å². The molecule has 1 atom stereocenters. The largest absolute Gasteiger partial charge is 0.348 e.